The molecule has 4 nitrogen and oxygen atoms in total. The lowest BCUT2D eigenvalue weighted by Gasteiger charge is -2.18. The van der Waals surface area contributed by atoms with E-state index < -0.39 is 0 Å². The molecular formula is C14H19BrN4. The Hall–Kier alpha value is -1.17. The number of hydrazine groups is 1. The Morgan fingerprint density at radius 2 is 2.26 bits per heavy atom. The maximum absolute atomic E-state index is 5.71. The summed E-state index contributed by atoms with van der Waals surface area (Å²) in [5.74, 6) is 5.71. The predicted octanol–water partition coefficient (Wildman–Crippen LogP) is 2.63. The molecule has 2 aromatic rings. The van der Waals surface area contributed by atoms with Crippen molar-refractivity contribution >= 4 is 15.9 Å². The lowest BCUT2D eigenvalue weighted by atomic mass is 9.97. The summed E-state index contributed by atoms with van der Waals surface area (Å²) in [5, 5.41) is 4.18. The van der Waals surface area contributed by atoms with Crippen molar-refractivity contribution in [2.24, 2.45) is 12.9 Å². The molecule has 1 atom stereocenters. The van der Waals surface area contributed by atoms with Gasteiger partial charge in [-0.05, 0) is 48.6 Å². The van der Waals surface area contributed by atoms with Crippen molar-refractivity contribution in [2.45, 2.75) is 25.8 Å². The zero-order valence-corrected chi connectivity index (χ0v) is 12.8. The Kier molecular flexibility index (Phi) is 4.74. The quantitative estimate of drug-likeness (QED) is 0.657. The average molecular weight is 323 g/mol. The minimum atomic E-state index is 0.151. The van der Waals surface area contributed by atoms with Gasteiger partial charge in [0.1, 0.15) is 0 Å². The third-order valence-corrected chi connectivity index (χ3v) is 3.79. The number of rotatable bonds is 5. The van der Waals surface area contributed by atoms with Crippen molar-refractivity contribution < 1.29 is 0 Å². The van der Waals surface area contributed by atoms with Crippen LogP contribution in [0.15, 0.2) is 35.1 Å². The Morgan fingerprint density at radius 3 is 2.89 bits per heavy atom. The van der Waals surface area contributed by atoms with Crippen LogP contribution in [0.1, 0.15) is 29.2 Å². The van der Waals surface area contributed by atoms with E-state index in [-0.39, 0.29) is 6.04 Å². The molecule has 0 saturated carbocycles. The van der Waals surface area contributed by atoms with Gasteiger partial charge in [-0.1, -0.05) is 22.0 Å². The Bertz CT molecular complexity index is 550. The van der Waals surface area contributed by atoms with E-state index in [9.17, 15) is 0 Å². The van der Waals surface area contributed by atoms with Gasteiger partial charge < -0.3 is 0 Å². The van der Waals surface area contributed by atoms with Crippen molar-refractivity contribution in [2.75, 3.05) is 0 Å². The summed E-state index contributed by atoms with van der Waals surface area (Å²) in [7, 11) is 1.93. The van der Waals surface area contributed by atoms with Crippen LogP contribution in [0.3, 0.4) is 0 Å². The average Bonchev–Trinajstić information content (AvgIpc) is 2.80. The van der Waals surface area contributed by atoms with Crippen LogP contribution in [0, 0.1) is 6.92 Å². The second-order valence-corrected chi connectivity index (χ2v) is 5.70. The van der Waals surface area contributed by atoms with Crippen molar-refractivity contribution in [3.63, 3.8) is 0 Å². The van der Waals surface area contributed by atoms with E-state index in [4.69, 9.17) is 5.84 Å². The van der Waals surface area contributed by atoms with E-state index in [2.05, 4.69) is 45.5 Å². The van der Waals surface area contributed by atoms with Gasteiger partial charge in [-0.2, -0.15) is 5.10 Å². The van der Waals surface area contributed by atoms with Crippen LogP contribution in [-0.2, 0) is 13.5 Å². The third-order valence-electron chi connectivity index (χ3n) is 3.30. The zero-order valence-electron chi connectivity index (χ0n) is 11.2. The molecule has 0 amide bonds. The second-order valence-electron chi connectivity index (χ2n) is 4.78. The molecule has 3 N–H and O–H groups in total. The van der Waals surface area contributed by atoms with Crippen molar-refractivity contribution in [3.8, 4) is 0 Å². The molecule has 102 valence electrons. The summed E-state index contributed by atoms with van der Waals surface area (Å²) in [6.45, 7) is 2.11. The summed E-state index contributed by atoms with van der Waals surface area (Å²) in [4.78, 5) is 0. The van der Waals surface area contributed by atoms with Gasteiger partial charge in [0.2, 0.25) is 0 Å². The highest BCUT2D eigenvalue weighted by Gasteiger charge is 2.13. The first kappa shape index (κ1) is 14.2. The molecule has 0 aliphatic heterocycles. The molecular weight excluding hydrogens is 304 g/mol. The fourth-order valence-corrected chi connectivity index (χ4v) is 2.61. The second kappa shape index (κ2) is 6.32. The standard InChI is InChI=1S/C14H19BrN4/c1-10-3-5-12(15)7-13(10)14(18-16)6-4-11-8-17-19(2)9-11/h3,5,7-9,14,18H,4,6,16H2,1-2H3. The van der Waals surface area contributed by atoms with Gasteiger partial charge in [-0.25, -0.2) is 0 Å². The molecule has 1 aromatic carbocycles. The highest BCUT2D eigenvalue weighted by atomic mass is 79.9. The number of nitrogens with zero attached hydrogens (tertiary/aromatic N) is 2. The normalized spacial score (nSPS) is 12.6. The zero-order chi connectivity index (χ0) is 13.8. The number of nitrogens with one attached hydrogen (secondary N) is 1. The molecule has 0 aliphatic carbocycles. The van der Waals surface area contributed by atoms with Crippen LogP contribution in [0.25, 0.3) is 0 Å². The molecule has 0 bridgehead atoms. The lowest BCUT2D eigenvalue weighted by Crippen LogP contribution is -2.29. The lowest BCUT2D eigenvalue weighted by molar-refractivity contribution is 0.514. The van der Waals surface area contributed by atoms with Gasteiger partial charge in [0, 0.05) is 23.8 Å². The number of nitrogens with two attached hydrogens (primary N) is 1. The van der Waals surface area contributed by atoms with Crippen molar-refractivity contribution in [1.82, 2.24) is 15.2 Å². The Balaban J connectivity index is 2.09. The van der Waals surface area contributed by atoms with Crippen molar-refractivity contribution in [3.05, 3.63) is 51.8 Å². The highest BCUT2D eigenvalue weighted by Crippen LogP contribution is 2.25. The maximum Gasteiger partial charge on any atom is 0.0521 e. The van der Waals surface area contributed by atoms with Gasteiger partial charge in [0.25, 0.3) is 0 Å². The van der Waals surface area contributed by atoms with E-state index in [0.29, 0.717) is 0 Å². The molecule has 0 spiro atoms. The summed E-state index contributed by atoms with van der Waals surface area (Å²) >= 11 is 3.51. The van der Waals surface area contributed by atoms with E-state index in [1.54, 1.807) is 0 Å². The Morgan fingerprint density at radius 1 is 1.47 bits per heavy atom. The summed E-state index contributed by atoms with van der Waals surface area (Å²) in [5.41, 5.74) is 6.63. The van der Waals surface area contributed by atoms with Crippen molar-refractivity contribution in [1.29, 1.82) is 0 Å². The maximum atomic E-state index is 5.71. The molecule has 1 heterocycles. The molecule has 0 fully saturated rings. The first-order valence-electron chi connectivity index (χ1n) is 6.30. The summed E-state index contributed by atoms with van der Waals surface area (Å²) in [6, 6.07) is 6.43. The number of halogens is 1. The van der Waals surface area contributed by atoms with Gasteiger partial charge >= 0.3 is 0 Å². The SMILES string of the molecule is Cc1ccc(Br)cc1C(CCc1cnn(C)c1)NN. The van der Waals surface area contributed by atoms with Crippen LogP contribution >= 0.6 is 15.9 Å². The molecule has 0 radical (unpaired) electrons. The van der Waals surface area contributed by atoms with E-state index in [1.165, 1.54) is 16.7 Å². The fraction of sp³-hybridized carbons (Fsp3) is 0.357. The molecule has 5 heteroatoms. The minimum Gasteiger partial charge on any atom is -0.276 e. The van der Waals surface area contributed by atoms with Crippen LogP contribution in [0.2, 0.25) is 0 Å². The van der Waals surface area contributed by atoms with Gasteiger partial charge in [0.15, 0.2) is 0 Å². The highest BCUT2D eigenvalue weighted by molar-refractivity contribution is 9.10. The number of aryl methyl sites for hydroxylation is 3. The smallest absolute Gasteiger partial charge is 0.0521 e. The summed E-state index contributed by atoms with van der Waals surface area (Å²) in [6.07, 6.45) is 5.84. The van der Waals surface area contributed by atoms with E-state index in [1.807, 2.05) is 30.2 Å². The molecule has 0 aliphatic rings. The molecule has 0 saturated heterocycles. The van der Waals surface area contributed by atoms with Crippen LogP contribution in [-0.4, -0.2) is 9.78 Å². The number of hydrogen-bond acceptors (Lipinski definition) is 3. The topological polar surface area (TPSA) is 55.9 Å². The van der Waals surface area contributed by atoms with E-state index >= 15 is 0 Å². The summed E-state index contributed by atoms with van der Waals surface area (Å²) < 4.78 is 2.90. The van der Waals surface area contributed by atoms with E-state index in [0.717, 1.165) is 17.3 Å². The molecule has 1 unspecified atom stereocenters. The third kappa shape index (κ3) is 3.65. The monoisotopic (exact) mass is 322 g/mol. The number of hydrogen-bond donors (Lipinski definition) is 2. The molecule has 19 heavy (non-hydrogen) atoms. The predicted molar refractivity (Wildman–Crippen MR) is 80.5 cm³/mol. The largest absolute Gasteiger partial charge is 0.276 e. The Labute approximate surface area is 122 Å². The van der Waals surface area contributed by atoms with Gasteiger partial charge in [0.05, 0.1) is 6.20 Å². The fourth-order valence-electron chi connectivity index (χ4n) is 2.23. The number of aromatic nitrogens is 2. The van der Waals surface area contributed by atoms with Gasteiger partial charge in [-0.15, -0.1) is 0 Å². The van der Waals surface area contributed by atoms with Crippen LogP contribution in [0.5, 0.6) is 0 Å². The molecule has 1 aromatic heterocycles. The van der Waals surface area contributed by atoms with Crippen LogP contribution in [0.4, 0.5) is 0 Å². The first-order valence-corrected chi connectivity index (χ1v) is 7.09. The number of benzene rings is 1. The van der Waals surface area contributed by atoms with Crippen LogP contribution < -0.4 is 11.3 Å². The molecule has 2 rings (SSSR count). The van der Waals surface area contributed by atoms with Gasteiger partial charge in [-0.3, -0.25) is 16.0 Å². The first-order chi connectivity index (χ1) is 9.10. The minimum absolute atomic E-state index is 0.151.